The van der Waals surface area contributed by atoms with E-state index in [0.29, 0.717) is 52.2 Å². The molecule has 6 nitrogen and oxygen atoms in total. The number of aromatic amines is 1. The number of anilines is 1. The third-order valence-electron chi connectivity index (χ3n) is 5.53. The Bertz CT molecular complexity index is 1210. The smallest absolute Gasteiger partial charge is 0.250 e. The number of hydrogen-bond acceptors (Lipinski definition) is 3. The van der Waals surface area contributed by atoms with Gasteiger partial charge in [0, 0.05) is 22.2 Å². The molecule has 0 radical (unpaired) electrons. The molecule has 0 unspecified atom stereocenters. The van der Waals surface area contributed by atoms with Crippen molar-refractivity contribution in [1.82, 2.24) is 4.98 Å². The summed E-state index contributed by atoms with van der Waals surface area (Å²) in [5.74, 6) is -0.815. The van der Waals surface area contributed by atoms with Gasteiger partial charge in [-0.15, -0.1) is 0 Å². The molecule has 0 fully saturated rings. The van der Waals surface area contributed by atoms with Gasteiger partial charge in [-0.05, 0) is 43.2 Å². The minimum Gasteiger partial charge on any atom is -0.489 e. The van der Waals surface area contributed by atoms with E-state index < -0.39 is 11.7 Å². The molecular formula is C23H22FN3O3. The molecule has 1 aliphatic heterocycles. The van der Waals surface area contributed by atoms with E-state index in [2.05, 4.69) is 11.6 Å². The van der Waals surface area contributed by atoms with Crippen LogP contribution in [0.3, 0.4) is 0 Å². The number of carbonyl (C=O) groups is 2. The van der Waals surface area contributed by atoms with E-state index in [1.165, 1.54) is 12.1 Å². The number of carbonyl (C=O) groups excluding carboxylic acids is 2. The molecular weight excluding hydrogens is 385 g/mol. The van der Waals surface area contributed by atoms with Crippen LogP contribution >= 0.6 is 0 Å². The molecule has 1 aliphatic rings. The molecule has 154 valence electrons. The number of nitrogens with two attached hydrogens (primary N) is 1. The predicted octanol–water partition coefficient (Wildman–Crippen LogP) is 3.53. The average molecular weight is 407 g/mol. The van der Waals surface area contributed by atoms with Crippen LogP contribution in [0.4, 0.5) is 10.1 Å². The summed E-state index contributed by atoms with van der Waals surface area (Å²) < 4.78 is 21.4. The van der Waals surface area contributed by atoms with Gasteiger partial charge in [-0.2, -0.15) is 0 Å². The van der Waals surface area contributed by atoms with Gasteiger partial charge in [-0.1, -0.05) is 18.7 Å². The first-order chi connectivity index (χ1) is 14.3. The number of amides is 2. The first kappa shape index (κ1) is 19.7. The molecule has 2 amide bonds. The normalized spacial score (nSPS) is 13.1. The number of hydrogen-bond donors (Lipinski definition) is 2. The largest absolute Gasteiger partial charge is 0.489 e. The number of benzene rings is 2. The second kappa shape index (κ2) is 7.33. The van der Waals surface area contributed by atoms with Gasteiger partial charge in [0.1, 0.15) is 12.4 Å². The Hall–Kier alpha value is -3.61. The molecule has 1 aromatic heterocycles. The highest BCUT2D eigenvalue weighted by Gasteiger charge is 2.28. The standard InChI is InChI=1S/C23H22FN3O3/c1-4-19(29)27-8-9-30-23-15(6-5-7-17(23)27)21-16(24)10-14(11-18(25)28)22-20(21)12(2)13(3)26-22/h4-7,10,26H,1,8-9,11H2,2-3H3,(H2,25,28). The topological polar surface area (TPSA) is 88.4 Å². The van der Waals surface area contributed by atoms with Crippen molar-refractivity contribution in [1.29, 1.82) is 0 Å². The number of aryl methyl sites for hydroxylation is 2. The van der Waals surface area contributed by atoms with Crippen molar-refractivity contribution in [2.75, 3.05) is 18.1 Å². The minimum atomic E-state index is -0.535. The van der Waals surface area contributed by atoms with Gasteiger partial charge in [0.25, 0.3) is 5.91 Å². The van der Waals surface area contributed by atoms with Gasteiger partial charge in [-0.25, -0.2) is 4.39 Å². The number of primary amides is 1. The number of rotatable bonds is 4. The number of aromatic nitrogens is 1. The highest BCUT2D eigenvalue weighted by atomic mass is 19.1. The maximum absolute atomic E-state index is 15.5. The molecule has 0 aliphatic carbocycles. The third-order valence-corrected chi connectivity index (χ3v) is 5.53. The van der Waals surface area contributed by atoms with Gasteiger partial charge in [0.05, 0.1) is 24.2 Å². The van der Waals surface area contributed by atoms with E-state index in [1.807, 2.05) is 13.8 Å². The molecule has 7 heteroatoms. The van der Waals surface area contributed by atoms with E-state index in [1.54, 1.807) is 23.1 Å². The third kappa shape index (κ3) is 3.03. The first-order valence-corrected chi connectivity index (χ1v) is 9.62. The number of halogens is 1. The van der Waals surface area contributed by atoms with E-state index in [-0.39, 0.29) is 12.3 Å². The van der Waals surface area contributed by atoms with E-state index in [4.69, 9.17) is 10.5 Å². The molecule has 0 saturated heterocycles. The zero-order valence-electron chi connectivity index (χ0n) is 16.8. The second-order valence-electron chi connectivity index (χ2n) is 7.36. The summed E-state index contributed by atoms with van der Waals surface area (Å²) in [6.07, 6.45) is 1.18. The molecule has 0 spiro atoms. The lowest BCUT2D eigenvalue weighted by Gasteiger charge is -2.30. The second-order valence-corrected chi connectivity index (χ2v) is 7.36. The monoisotopic (exact) mass is 407 g/mol. The summed E-state index contributed by atoms with van der Waals surface area (Å²) in [5.41, 5.74) is 9.77. The van der Waals surface area contributed by atoms with Crippen LogP contribution in [0, 0.1) is 19.7 Å². The van der Waals surface area contributed by atoms with Gasteiger partial charge in [0.2, 0.25) is 5.91 Å². The van der Waals surface area contributed by atoms with Crippen LogP contribution in [0.15, 0.2) is 36.9 Å². The fourth-order valence-electron chi connectivity index (χ4n) is 4.06. The molecule has 0 saturated carbocycles. The number of para-hydroxylation sites is 1. The molecule has 4 rings (SSSR count). The first-order valence-electron chi connectivity index (χ1n) is 9.62. The van der Waals surface area contributed by atoms with E-state index >= 15 is 4.39 Å². The Balaban J connectivity index is 2.02. The quantitative estimate of drug-likeness (QED) is 0.649. The van der Waals surface area contributed by atoms with E-state index in [0.717, 1.165) is 11.3 Å². The van der Waals surface area contributed by atoms with Crippen molar-refractivity contribution in [2.24, 2.45) is 5.73 Å². The lowest BCUT2D eigenvalue weighted by Crippen LogP contribution is -2.36. The summed E-state index contributed by atoms with van der Waals surface area (Å²) >= 11 is 0. The summed E-state index contributed by atoms with van der Waals surface area (Å²) in [4.78, 5) is 28.6. The van der Waals surface area contributed by atoms with Crippen LogP contribution in [0.2, 0.25) is 0 Å². The fraction of sp³-hybridized carbons (Fsp3) is 0.217. The number of fused-ring (bicyclic) bond motifs is 2. The maximum atomic E-state index is 15.5. The van der Waals surface area contributed by atoms with Crippen molar-refractivity contribution in [3.05, 3.63) is 59.6 Å². The van der Waals surface area contributed by atoms with Crippen LogP contribution in [-0.2, 0) is 16.0 Å². The Morgan fingerprint density at radius 2 is 2.13 bits per heavy atom. The Labute approximate surface area is 173 Å². The average Bonchev–Trinajstić information content (AvgIpc) is 3.01. The zero-order chi connectivity index (χ0) is 21.6. The molecule has 2 heterocycles. The molecule has 3 aromatic rings. The van der Waals surface area contributed by atoms with Gasteiger partial charge in [0.15, 0.2) is 5.75 Å². The number of H-pyrrole nitrogens is 1. The molecule has 0 bridgehead atoms. The Morgan fingerprint density at radius 3 is 2.83 bits per heavy atom. The summed E-state index contributed by atoms with van der Waals surface area (Å²) in [5, 5.41) is 0.674. The molecule has 3 N–H and O–H groups in total. The highest BCUT2D eigenvalue weighted by Crippen LogP contribution is 2.45. The lowest BCUT2D eigenvalue weighted by atomic mass is 9.93. The number of nitrogens with zero attached hydrogens (tertiary/aromatic N) is 1. The lowest BCUT2D eigenvalue weighted by molar-refractivity contribution is -0.117. The van der Waals surface area contributed by atoms with E-state index in [9.17, 15) is 9.59 Å². The van der Waals surface area contributed by atoms with Gasteiger partial charge < -0.3 is 20.4 Å². The van der Waals surface area contributed by atoms with Crippen LogP contribution in [0.25, 0.3) is 22.0 Å². The zero-order valence-corrected chi connectivity index (χ0v) is 16.8. The van der Waals surface area contributed by atoms with Crippen molar-refractivity contribution >= 4 is 28.4 Å². The highest BCUT2D eigenvalue weighted by molar-refractivity contribution is 6.06. The summed E-state index contributed by atoms with van der Waals surface area (Å²) in [6, 6.07) is 6.65. The van der Waals surface area contributed by atoms with Crippen LogP contribution in [-0.4, -0.2) is 29.9 Å². The predicted molar refractivity (Wildman–Crippen MR) is 114 cm³/mol. The van der Waals surface area contributed by atoms with Gasteiger partial charge in [-0.3, -0.25) is 9.59 Å². The number of nitrogens with one attached hydrogen (secondary N) is 1. The number of ether oxygens (including phenoxy) is 1. The van der Waals surface area contributed by atoms with Crippen LogP contribution in [0.1, 0.15) is 16.8 Å². The maximum Gasteiger partial charge on any atom is 0.250 e. The van der Waals surface area contributed by atoms with Crippen molar-refractivity contribution in [2.45, 2.75) is 20.3 Å². The Morgan fingerprint density at radius 1 is 1.37 bits per heavy atom. The van der Waals surface area contributed by atoms with Gasteiger partial charge >= 0.3 is 0 Å². The minimum absolute atomic E-state index is 0.0713. The van der Waals surface area contributed by atoms with Crippen molar-refractivity contribution in [3.63, 3.8) is 0 Å². The summed E-state index contributed by atoms with van der Waals surface area (Å²) in [7, 11) is 0. The molecule has 30 heavy (non-hydrogen) atoms. The summed E-state index contributed by atoms with van der Waals surface area (Å²) in [6.45, 7) is 8.03. The molecule has 2 aromatic carbocycles. The Kier molecular flexibility index (Phi) is 4.81. The van der Waals surface area contributed by atoms with Crippen LogP contribution < -0.4 is 15.4 Å². The van der Waals surface area contributed by atoms with Crippen molar-refractivity contribution in [3.8, 4) is 16.9 Å². The van der Waals surface area contributed by atoms with Crippen molar-refractivity contribution < 1.29 is 18.7 Å². The molecule has 0 atom stereocenters. The van der Waals surface area contributed by atoms with Crippen LogP contribution in [0.5, 0.6) is 5.75 Å². The SMILES string of the molecule is C=CC(=O)N1CCOc2c(-c3c(F)cc(CC(N)=O)c4[nH]c(C)c(C)c34)cccc21. The fourth-order valence-corrected chi connectivity index (χ4v) is 4.06.